The van der Waals surface area contributed by atoms with E-state index in [1.165, 1.54) is 5.56 Å². The van der Waals surface area contributed by atoms with Crippen molar-refractivity contribution in [2.24, 2.45) is 5.92 Å². The summed E-state index contributed by atoms with van der Waals surface area (Å²) in [4.78, 5) is 13.0. The molecule has 19 heavy (non-hydrogen) atoms. The summed E-state index contributed by atoms with van der Waals surface area (Å²) in [5.41, 5.74) is 1.26. The Kier molecular flexibility index (Phi) is 4.30. The lowest BCUT2D eigenvalue weighted by molar-refractivity contribution is -0.137. The van der Waals surface area contributed by atoms with Gasteiger partial charge < -0.3 is 9.52 Å². The van der Waals surface area contributed by atoms with E-state index in [0.29, 0.717) is 12.0 Å². The topological polar surface area (TPSA) is 53.7 Å². The van der Waals surface area contributed by atoms with Crippen molar-refractivity contribution in [3.8, 4) is 0 Å². The minimum absolute atomic E-state index is 0.288. The molecule has 1 N–H and O–H groups in total. The molecule has 1 fully saturated rings. The van der Waals surface area contributed by atoms with Gasteiger partial charge in [0.1, 0.15) is 11.5 Å². The van der Waals surface area contributed by atoms with Crippen molar-refractivity contribution < 1.29 is 14.3 Å². The molecule has 4 heteroatoms. The lowest BCUT2D eigenvalue weighted by Crippen LogP contribution is -2.24. The molecule has 0 radical (unpaired) electrons. The van der Waals surface area contributed by atoms with E-state index in [2.05, 4.69) is 17.9 Å². The monoisotopic (exact) mass is 265 g/mol. The normalized spacial score (nSPS) is 21.7. The van der Waals surface area contributed by atoms with Gasteiger partial charge in [0.2, 0.25) is 0 Å². The minimum Gasteiger partial charge on any atom is -0.481 e. The third-order valence-corrected chi connectivity index (χ3v) is 4.16. The molecule has 1 aliphatic heterocycles. The number of furan rings is 1. The predicted octanol–water partition coefficient (Wildman–Crippen LogP) is 3.14. The predicted molar refractivity (Wildman–Crippen MR) is 73.1 cm³/mol. The number of aliphatic carboxylic acids is 1. The molecule has 1 saturated heterocycles. The van der Waals surface area contributed by atoms with Crippen LogP contribution in [0.2, 0.25) is 0 Å². The molecule has 2 rings (SSSR count). The molecule has 0 amide bonds. The Labute approximate surface area is 114 Å². The van der Waals surface area contributed by atoms with E-state index >= 15 is 0 Å². The van der Waals surface area contributed by atoms with Crippen LogP contribution >= 0.6 is 0 Å². The van der Waals surface area contributed by atoms with Crippen LogP contribution in [-0.2, 0) is 4.79 Å². The van der Waals surface area contributed by atoms with Crippen molar-refractivity contribution in [2.45, 2.75) is 46.1 Å². The highest BCUT2D eigenvalue weighted by molar-refractivity contribution is 5.66. The van der Waals surface area contributed by atoms with Crippen molar-refractivity contribution in [3.05, 3.63) is 23.2 Å². The first kappa shape index (κ1) is 14.1. The summed E-state index contributed by atoms with van der Waals surface area (Å²) >= 11 is 0. The van der Waals surface area contributed by atoms with E-state index in [1.54, 1.807) is 0 Å². The van der Waals surface area contributed by atoms with Gasteiger partial charge in [0.05, 0.1) is 0 Å². The molecule has 0 bridgehead atoms. The summed E-state index contributed by atoms with van der Waals surface area (Å²) in [7, 11) is 0. The fourth-order valence-electron chi connectivity index (χ4n) is 3.04. The third kappa shape index (κ3) is 3.38. The summed E-state index contributed by atoms with van der Waals surface area (Å²) in [5.74, 6) is 1.79. The molecule has 0 aromatic carbocycles. The molecular formula is C15H23NO3. The van der Waals surface area contributed by atoms with E-state index in [1.807, 2.05) is 13.8 Å². The molecule has 0 saturated carbocycles. The SMILES string of the molecule is Cc1cc(C(C)N2CCC(CCC(=O)O)C2)c(C)o1. The van der Waals surface area contributed by atoms with Crippen molar-refractivity contribution in [3.63, 3.8) is 0 Å². The first-order chi connectivity index (χ1) is 8.97. The number of likely N-dealkylation sites (tertiary alicyclic amines) is 1. The van der Waals surface area contributed by atoms with Gasteiger partial charge in [-0.05, 0) is 52.1 Å². The first-order valence-electron chi connectivity index (χ1n) is 7.00. The molecular weight excluding hydrogens is 242 g/mol. The standard InChI is InChI=1S/C15H23NO3/c1-10-8-14(12(3)19-10)11(2)16-7-6-13(9-16)4-5-15(17)18/h8,11,13H,4-7,9H2,1-3H3,(H,17,18). The molecule has 2 unspecified atom stereocenters. The zero-order valence-electron chi connectivity index (χ0n) is 12.0. The number of aryl methyl sites for hydroxylation is 2. The number of carbonyl (C=O) groups is 1. The van der Waals surface area contributed by atoms with Crippen molar-refractivity contribution >= 4 is 5.97 Å². The van der Waals surface area contributed by atoms with Gasteiger partial charge in [-0.15, -0.1) is 0 Å². The highest BCUT2D eigenvalue weighted by atomic mass is 16.4. The Balaban J connectivity index is 1.93. The van der Waals surface area contributed by atoms with Gasteiger partial charge in [-0.1, -0.05) is 0 Å². The molecule has 1 aromatic rings. The zero-order chi connectivity index (χ0) is 14.0. The molecule has 1 aliphatic rings. The van der Waals surface area contributed by atoms with Crippen LogP contribution in [0.4, 0.5) is 0 Å². The molecule has 2 heterocycles. The average Bonchev–Trinajstić information content (AvgIpc) is 2.92. The Bertz CT molecular complexity index is 452. The Morgan fingerprint density at radius 1 is 1.58 bits per heavy atom. The summed E-state index contributed by atoms with van der Waals surface area (Å²) in [6.45, 7) is 8.24. The first-order valence-corrected chi connectivity index (χ1v) is 7.00. The van der Waals surface area contributed by atoms with E-state index in [-0.39, 0.29) is 6.42 Å². The largest absolute Gasteiger partial charge is 0.481 e. The van der Waals surface area contributed by atoms with Crippen LogP contribution in [-0.4, -0.2) is 29.1 Å². The summed E-state index contributed by atoms with van der Waals surface area (Å²) in [6, 6.07) is 2.47. The minimum atomic E-state index is -0.687. The van der Waals surface area contributed by atoms with Crippen LogP contribution < -0.4 is 0 Å². The number of carboxylic acid groups (broad SMARTS) is 1. The quantitative estimate of drug-likeness (QED) is 0.888. The number of hydrogen-bond donors (Lipinski definition) is 1. The lowest BCUT2D eigenvalue weighted by atomic mass is 10.0. The molecule has 2 atom stereocenters. The summed E-state index contributed by atoms with van der Waals surface area (Å²) in [6.07, 6.45) is 2.19. The van der Waals surface area contributed by atoms with Crippen LogP contribution in [0.3, 0.4) is 0 Å². The van der Waals surface area contributed by atoms with Gasteiger partial charge in [0.15, 0.2) is 0 Å². The molecule has 106 valence electrons. The van der Waals surface area contributed by atoms with Crippen LogP contribution in [0, 0.1) is 19.8 Å². The Morgan fingerprint density at radius 2 is 2.32 bits per heavy atom. The molecule has 0 spiro atoms. The Morgan fingerprint density at radius 3 is 2.89 bits per heavy atom. The van der Waals surface area contributed by atoms with E-state index < -0.39 is 5.97 Å². The van der Waals surface area contributed by atoms with Crippen LogP contribution in [0.1, 0.15) is 49.3 Å². The van der Waals surface area contributed by atoms with Crippen molar-refractivity contribution in [2.75, 3.05) is 13.1 Å². The van der Waals surface area contributed by atoms with Gasteiger partial charge in [-0.2, -0.15) is 0 Å². The lowest BCUT2D eigenvalue weighted by Gasteiger charge is -2.24. The fraction of sp³-hybridized carbons (Fsp3) is 0.667. The van der Waals surface area contributed by atoms with Crippen LogP contribution in [0.25, 0.3) is 0 Å². The zero-order valence-corrected chi connectivity index (χ0v) is 12.0. The fourth-order valence-corrected chi connectivity index (χ4v) is 3.04. The maximum Gasteiger partial charge on any atom is 0.303 e. The number of nitrogens with zero attached hydrogens (tertiary/aromatic N) is 1. The van der Waals surface area contributed by atoms with Crippen LogP contribution in [0.5, 0.6) is 0 Å². The summed E-state index contributed by atoms with van der Waals surface area (Å²) < 4.78 is 5.60. The molecule has 0 aliphatic carbocycles. The number of hydrogen-bond acceptors (Lipinski definition) is 3. The van der Waals surface area contributed by atoms with E-state index in [9.17, 15) is 4.79 Å². The molecule has 4 nitrogen and oxygen atoms in total. The van der Waals surface area contributed by atoms with Gasteiger partial charge in [0.25, 0.3) is 0 Å². The van der Waals surface area contributed by atoms with Crippen molar-refractivity contribution in [1.82, 2.24) is 4.90 Å². The second kappa shape index (κ2) is 5.78. The highest BCUT2D eigenvalue weighted by Crippen LogP contribution is 2.32. The van der Waals surface area contributed by atoms with Gasteiger partial charge in [-0.3, -0.25) is 9.69 Å². The molecule has 1 aromatic heterocycles. The van der Waals surface area contributed by atoms with E-state index in [4.69, 9.17) is 9.52 Å². The van der Waals surface area contributed by atoms with Gasteiger partial charge >= 0.3 is 5.97 Å². The Hall–Kier alpha value is -1.29. The highest BCUT2D eigenvalue weighted by Gasteiger charge is 2.28. The number of carboxylic acids is 1. The van der Waals surface area contributed by atoms with Gasteiger partial charge in [-0.25, -0.2) is 0 Å². The average molecular weight is 265 g/mol. The van der Waals surface area contributed by atoms with E-state index in [0.717, 1.165) is 37.5 Å². The second-order valence-electron chi connectivity index (χ2n) is 5.63. The maximum atomic E-state index is 10.6. The third-order valence-electron chi connectivity index (χ3n) is 4.16. The van der Waals surface area contributed by atoms with Crippen molar-refractivity contribution in [1.29, 1.82) is 0 Å². The smallest absolute Gasteiger partial charge is 0.303 e. The van der Waals surface area contributed by atoms with Crippen LogP contribution in [0.15, 0.2) is 10.5 Å². The second-order valence-corrected chi connectivity index (χ2v) is 5.63. The number of rotatable bonds is 5. The summed E-state index contributed by atoms with van der Waals surface area (Å²) in [5, 5.41) is 8.74. The maximum absolute atomic E-state index is 10.6. The van der Waals surface area contributed by atoms with Gasteiger partial charge in [0, 0.05) is 24.6 Å².